The van der Waals surface area contributed by atoms with Gasteiger partial charge in [0.2, 0.25) is 0 Å². The highest BCUT2D eigenvalue weighted by Gasteiger charge is 2.35. The van der Waals surface area contributed by atoms with Gasteiger partial charge in [-0.25, -0.2) is 4.98 Å². The van der Waals surface area contributed by atoms with Gasteiger partial charge < -0.3 is 14.7 Å². The SMILES string of the molecule is CNC(=O)c1cc(C)nc2onc(C3CCCN3C(=O)c3ccc(Cl)cc3)c12. The zero-order chi connectivity index (χ0) is 19.8. The second kappa shape index (κ2) is 7.24. The minimum Gasteiger partial charge on any atom is -0.355 e. The van der Waals surface area contributed by atoms with Gasteiger partial charge in [-0.1, -0.05) is 16.8 Å². The number of aromatic nitrogens is 2. The molecule has 0 bridgehead atoms. The molecule has 1 aliphatic rings. The molecule has 2 amide bonds. The summed E-state index contributed by atoms with van der Waals surface area (Å²) in [4.78, 5) is 31.6. The first-order chi connectivity index (χ1) is 13.5. The van der Waals surface area contributed by atoms with E-state index < -0.39 is 0 Å². The highest BCUT2D eigenvalue weighted by atomic mass is 35.5. The summed E-state index contributed by atoms with van der Waals surface area (Å²) < 4.78 is 5.43. The summed E-state index contributed by atoms with van der Waals surface area (Å²) in [6.07, 6.45) is 1.58. The molecule has 7 nitrogen and oxygen atoms in total. The van der Waals surface area contributed by atoms with Crippen LogP contribution in [0.1, 0.15) is 51.0 Å². The van der Waals surface area contributed by atoms with Gasteiger partial charge in [0.15, 0.2) is 0 Å². The molecule has 0 saturated carbocycles. The van der Waals surface area contributed by atoms with Crippen LogP contribution in [0.3, 0.4) is 0 Å². The lowest BCUT2D eigenvalue weighted by molar-refractivity contribution is 0.0731. The first kappa shape index (κ1) is 18.4. The van der Waals surface area contributed by atoms with E-state index in [1.807, 2.05) is 0 Å². The standard InChI is InChI=1S/C20H19ClN4O3/c1-11-10-14(18(26)22-2)16-17(24-28-19(16)23-11)15-4-3-9-25(15)20(27)12-5-7-13(21)8-6-12/h5-8,10,15H,3-4,9H2,1-2H3,(H,22,26). The smallest absolute Gasteiger partial charge is 0.259 e. The Balaban J connectivity index is 1.77. The summed E-state index contributed by atoms with van der Waals surface area (Å²) >= 11 is 5.93. The van der Waals surface area contributed by atoms with Gasteiger partial charge in [-0.3, -0.25) is 9.59 Å². The molecule has 3 heterocycles. The molecule has 28 heavy (non-hydrogen) atoms. The Morgan fingerprint density at radius 2 is 2.04 bits per heavy atom. The molecule has 0 radical (unpaired) electrons. The number of nitrogens with zero attached hydrogens (tertiary/aromatic N) is 3. The number of halogens is 1. The highest BCUT2D eigenvalue weighted by molar-refractivity contribution is 6.30. The second-order valence-corrected chi connectivity index (χ2v) is 7.24. The molecule has 0 aliphatic carbocycles. The van der Waals surface area contributed by atoms with E-state index in [2.05, 4.69) is 15.5 Å². The van der Waals surface area contributed by atoms with Gasteiger partial charge in [0.05, 0.1) is 17.0 Å². The quantitative estimate of drug-likeness (QED) is 0.729. The van der Waals surface area contributed by atoms with Crippen LogP contribution in [-0.2, 0) is 0 Å². The van der Waals surface area contributed by atoms with Crippen LogP contribution in [0.15, 0.2) is 34.9 Å². The maximum Gasteiger partial charge on any atom is 0.259 e. The number of amides is 2. The number of rotatable bonds is 3. The first-order valence-electron chi connectivity index (χ1n) is 9.05. The van der Waals surface area contributed by atoms with Gasteiger partial charge in [0, 0.05) is 29.9 Å². The Morgan fingerprint density at radius 3 is 2.75 bits per heavy atom. The maximum absolute atomic E-state index is 13.1. The van der Waals surface area contributed by atoms with Crippen LogP contribution in [0, 0.1) is 6.92 Å². The molecule has 1 saturated heterocycles. The molecule has 0 spiro atoms. The topological polar surface area (TPSA) is 88.3 Å². The van der Waals surface area contributed by atoms with Gasteiger partial charge in [-0.15, -0.1) is 0 Å². The third-order valence-electron chi connectivity index (χ3n) is 4.99. The monoisotopic (exact) mass is 398 g/mol. The number of hydrogen-bond acceptors (Lipinski definition) is 5. The van der Waals surface area contributed by atoms with Crippen LogP contribution in [0.2, 0.25) is 5.02 Å². The summed E-state index contributed by atoms with van der Waals surface area (Å²) in [6.45, 7) is 2.40. The molecule has 1 N–H and O–H groups in total. The number of fused-ring (bicyclic) bond motifs is 1. The number of carbonyl (C=O) groups excluding carboxylic acids is 2. The van der Waals surface area contributed by atoms with E-state index >= 15 is 0 Å². The minimum absolute atomic E-state index is 0.100. The molecular formula is C20H19ClN4O3. The fourth-order valence-electron chi connectivity index (χ4n) is 3.69. The van der Waals surface area contributed by atoms with Gasteiger partial charge in [-0.2, -0.15) is 0 Å². The van der Waals surface area contributed by atoms with E-state index in [9.17, 15) is 9.59 Å². The van der Waals surface area contributed by atoms with Crippen LogP contribution in [-0.4, -0.2) is 40.4 Å². The van der Waals surface area contributed by atoms with Crippen molar-refractivity contribution in [2.75, 3.05) is 13.6 Å². The lowest BCUT2D eigenvalue weighted by Crippen LogP contribution is -2.31. The Kier molecular flexibility index (Phi) is 4.77. The second-order valence-electron chi connectivity index (χ2n) is 6.80. The summed E-state index contributed by atoms with van der Waals surface area (Å²) in [5.74, 6) is -0.342. The molecule has 8 heteroatoms. The van der Waals surface area contributed by atoms with Crippen LogP contribution in [0.25, 0.3) is 11.1 Å². The van der Waals surface area contributed by atoms with Crippen LogP contribution in [0.4, 0.5) is 0 Å². The fraction of sp³-hybridized carbons (Fsp3) is 0.300. The molecule has 3 aromatic rings. The van der Waals surface area contributed by atoms with E-state index in [0.717, 1.165) is 12.8 Å². The zero-order valence-corrected chi connectivity index (χ0v) is 16.3. The van der Waals surface area contributed by atoms with Gasteiger partial charge in [-0.05, 0) is 50.1 Å². The summed E-state index contributed by atoms with van der Waals surface area (Å²) in [5.41, 5.74) is 2.55. The van der Waals surface area contributed by atoms with Crippen LogP contribution in [0.5, 0.6) is 0 Å². The molecule has 4 rings (SSSR count). The molecule has 1 fully saturated rings. The predicted molar refractivity (Wildman–Crippen MR) is 104 cm³/mol. The lowest BCUT2D eigenvalue weighted by atomic mass is 10.0. The highest BCUT2D eigenvalue weighted by Crippen LogP contribution is 2.37. The van der Waals surface area contributed by atoms with Crippen molar-refractivity contribution < 1.29 is 14.1 Å². The molecule has 1 aromatic carbocycles. The molecule has 2 aromatic heterocycles. The molecule has 1 unspecified atom stereocenters. The van der Waals surface area contributed by atoms with Crippen molar-refractivity contribution in [1.29, 1.82) is 0 Å². The van der Waals surface area contributed by atoms with Gasteiger partial charge >= 0.3 is 0 Å². The number of aryl methyl sites for hydroxylation is 1. The van der Waals surface area contributed by atoms with Crippen LogP contribution >= 0.6 is 11.6 Å². The lowest BCUT2D eigenvalue weighted by Gasteiger charge is -2.23. The fourth-order valence-corrected chi connectivity index (χ4v) is 3.82. The Bertz CT molecular complexity index is 1060. The van der Waals surface area contributed by atoms with E-state index in [-0.39, 0.29) is 17.9 Å². The first-order valence-corrected chi connectivity index (χ1v) is 9.43. The van der Waals surface area contributed by atoms with E-state index in [1.54, 1.807) is 49.2 Å². The number of likely N-dealkylation sites (tertiary alicyclic amines) is 1. The molecular weight excluding hydrogens is 380 g/mol. The third-order valence-corrected chi connectivity index (χ3v) is 5.25. The van der Waals surface area contributed by atoms with Crippen molar-refractivity contribution in [2.45, 2.75) is 25.8 Å². The Hall–Kier alpha value is -2.93. The number of carbonyl (C=O) groups is 2. The van der Waals surface area contributed by atoms with Crippen molar-refractivity contribution in [2.24, 2.45) is 0 Å². The summed E-state index contributed by atoms with van der Waals surface area (Å²) in [6, 6.07) is 8.24. The molecule has 1 aliphatic heterocycles. The number of hydrogen-bond donors (Lipinski definition) is 1. The normalized spacial score (nSPS) is 16.5. The third kappa shape index (κ3) is 3.11. The summed E-state index contributed by atoms with van der Waals surface area (Å²) in [5, 5.41) is 7.99. The number of benzene rings is 1. The van der Waals surface area contributed by atoms with E-state index in [4.69, 9.17) is 16.1 Å². The Labute approximate surface area is 166 Å². The van der Waals surface area contributed by atoms with Crippen molar-refractivity contribution in [1.82, 2.24) is 20.4 Å². The number of nitrogens with one attached hydrogen (secondary N) is 1. The molecule has 1 atom stereocenters. The van der Waals surface area contributed by atoms with Gasteiger partial charge in [0.25, 0.3) is 17.5 Å². The Morgan fingerprint density at radius 1 is 1.29 bits per heavy atom. The average Bonchev–Trinajstić information content (AvgIpc) is 3.33. The van der Waals surface area contributed by atoms with Crippen molar-refractivity contribution in [3.63, 3.8) is 0 Å². The minimum atomic E-state index is -0.280. The predicted octanol–water partition coefficient (Wildman–Crippen LogP) is 3.52. The maximum atomic E-state index is 13.1. The van der Waals surface area contributed by atoms with Crippen molar-refractivity contribution in [3.05, 3.63) is 57.9 Å². The average molecular weight is 399 g/mol. The zero-order valence-electron chi connectivity index (χ0n) is 15.5. The number of pyridine rings is 1. The van der Waals surface area contributed by atoms with Crippen molar-refractivity contribution >= 4 is 34.5 Å². The van der Waals surface area contributed by atoms with E-state index in [0.29, 0.717) is 45.2 Å². The largest absolute Gasteiger partial charge is 0.355 e. The summed E-state index contributed by atoms with van der Waals surface area (Å²) in [7, 11) is 1.57. The van der Waals surface area contributed by atoms with Gasteiger partial charge in [0.1, 0.15) is 5.69 Å². The van der Waals surface area contributed by atoms with E-state index in [1.165, 1.54) is 0 Å². The van der Waals surface area contributed by atoms with Crippen LogP contribution < -0.4 is 5.32 Å². The molecule has 144 valence electrons. The van der Waals surface area contributed by atoms with Crippen molar-refractivity contribution in [3.8, 4) is 0 Å².